The summed E-state index contributed by atoms with van der Waals surface area (Å²) in [5, 5.41) is 3.06. The Morgan fingerprint density at radius 3 is 2.95 bits per heavy atom. The van der Waals surface area contributed by atoms with Crippen molar-refractivity contribution in [1.82, 2.24) is 5.32 Å². The largest absolute Gasteiger partial charge is 0.496 e. The summed E-state index contributed by atoms with van der Waals surface area (Å²) < 4.78 is 10.8. The van der Waals surface area contributed by atoms with Gasteiger partial charge in [0.15, 0.2) is 0 Å². The first kappa shape index (κ1) is 13.9. The molecule has 1 amide bonds. The van der Waals surface area contributed by atoms with Crippen LogP contribution in [0.4, 0.5) is 0 Å². The number of carbonyl (C=O) groups excluding carboxylic acids is 1. The van der Waals surface area contributed by atoms with Crippen LogP contribution >= 0.6 is 0 Å². The van der Waals surface area contributed by atoms with Gasteiger partial charge in [0.2, 0.25) is 5.91 Å². The molecule has 19 heavy (non-hydrogen) atoms. The number of para-hydroxylation sites is 1. The van der Waals surface area contributed by atoms with E-state index in [1.807, 2.05) is 31.2 Å². The molecule has 2 rings (SSSR count). The van der Waals surface area contributed by atoms with E-state index in [0.717, 1.165) is 30.6 Å². The molecule has 0 aromatic heterocycles. The molecule has 1 saturated heterocycles. The van der Waals surface area contributed by atoms with Gasteiger partial charge >= 0.3 is 0 Å². The van der Waals surface area contributed by atoms with Crippen LogP contribution in [0.15, 0.2) is 24.3 Å². The number of hydrogen-bond donors (Lipinski definition) is 1. The lowest BCUT2D eigenvalue weighted by Gasteiger charge is -2.21. The van der Waals surface area contributed by atoms with Gasteiger partial charge in [-0.15, -0.1) is 0 Å². The normalized spacial score (nSPS) is 20.0. The molecule has 0 unspecified atom stereocenters. The van der Waals surface area contributed by atoms with Crippen molar-refractivity contribution < 1.29 is 14.3 Å². The van der Waals surface area contributed by atoms with Gasteiger partial charge in [0.1, 0.15) is 11.9 Å². The van der Waals surface area contributed by atoms with Crippen molar-refractivity contribution in [2.24, 2.45) is 0 Å². The summed E-state index contributed by atoms with van der Waals surface area (Å²) in [6.45, 7) is 2.73. The van der Waals surface area contributed by atoms with E-state index in [1.165, 1.54) is 0 Å². The maximum absolute atomic E-state index is 12.1. The molecule has 0 radical (unpaired) electrons. The maximum atomic E-state index is 12.1. The van der Waals surface area contributed by atoms with Crippen LogP contribution in [0.1, 0.15) is 37.8 Å². The summed E-state index contributed by atoms with van der Waals surface area (Å²) in [6.07, 6.45) is 2.31. The number of methoxy groups -OCH3 is 1. The highest BCUT2D eigenvalue weighted by Crippen LogP contribution is 2.27. The molecule has 1 aromatic rings. The van der Waals surface area contributed by atoms with Crippen molar-refractivity contribution in [1.29, 1.82) is 0 Å². The van der Waals surface area contributed by atoms with Crippen molar-refractivity contribution in [2.45, 2.75) is 38.3 Å². The number of benzene rings is 1. The standard InChI is InChI=1S/C15H21NO3/c1-3-12(11-7-4-5-8-13(11)18-2)16-15(17)14-9-6-10-19-14/h4-5,7-8,12,14H,3,6,9-10H2,1-2H3,(H,16,17)/t12-,14-/m1/s1. The number of ether oxygens (including phenoxy) is 2. The molecule has 4 heteroatoms. The van der Waals surface area contributed by atoms with Crippen molar-refractivity contribution in [3.05, 3.63) is 29.8 Å². The zero-order chi connectivity index (χ0) is 13.7. The molecule has 0 spiro atoms. The zero-order valence-corrected chi connectivity index (χ0v) is 11.5. The quantitative estimate of drug-likeness (QED) is 0.887. The van der Waals surface area contributed by atoms with Gasteiger partial charge in [-0.1, -0.05) is 25.1 Å². The smallest absolute Gasteiger partial charge is 0.249 e. The van der Waals surface area contributed by atoms with Crippen LogP contribution in [0.3, 0.4) is 0 Å². The van der Waals surface area contributed by atoms with E-state index in [9.17, 15) is 4.79 Å². The SMILES string of the molecule is CC[C@@H](NC(=O)[C@H]1CCCO1)c1ccccc1OC. The molecule has 1 heterocycles. The predicted molar refractivity (Wildman–Crippen MR) is 73.1 cm³/mol. The Morgan fingerprint density at radius 2 is 2.32 bits per heavy atom. The summed E-state index contributed by atoms with van der Waals surface area (Å²) in [6, 6.07) is 7.75. The maximum Gasteiger partial charge on any atom is 0.249 e. The van der Waals surface area contributed by atoms with Crippen LogP contribution in [0.2, 0.25) is 0 Å². The number of nitrogens with one attached hydrogen (secondary N) is 1. The summed E-state index contributed by atoms with van der Waals surface area (Å²) in [5.74, 6) is 0.789. The van der Waals surface area contributed by atoms with Gasteiger partial charge < -0.3 is 14.8 Å². The predicted octanol–water partition coefficient (Wildman–Crippen LogP) is 2.44. The van der Waals surface area contributed by atoms with Crippen LogP contribution in [-0.2, 0) is 9.53 Å². The van der Waals surface area contributed by atoms with Gasteiger partial charge in [0.05, 0.1) is 13.2 Å². The lowest BCUT2D eigenvalue weighted by molar-refractivity contribution is -0.130. The average Bonchev–Trinajstić information content (AvgIpc) is 2.98. The Bertz CT molecular complexity index is 427. The second kappa shape index (κ2) is 6.57. The number of rotatable bonds is 5. The van der Waals surface area contributed by atoms with Crippen molar-refractivity contribution in [3.63, 3.8) is 0 Å². The van der Waals surface area contributed by atoms with Gasteiger partial charge in [-0.05, 0) is 25.3 Å². The first-order valence-electron chi connectivity index (χ1n) is 6.81. The average molecular weight is 263 g/mol. The Labute approximate surface area is 114 Å². The van der Waals surface area contributed by atoms with E-state index in [4.69, 9.17) is 9.47 Å². The van der Waals surface area contributed by atoms with Crippen molar-refractivity contribution in [2.75, 3.05) is 13.7 Å². The minimum absolute atomic E-state index is 0.0183. The number of amides is 1. The molecular weight excluding hydrogens is 242 g/mol. The third-order valence-electron chi connectivity index (χ3n) is 3.46. The molecule has 0 aliphatic carbocycles. The second-order valence-electron chi connectivity index (χ2n) is 4.71. The van der Waals surface area contributed by atoms with E-state index >= 15 is 0 Å². The summed E-state index contributed by atoms with van der Waals surface area (Å²) in [4.78, 5) is 12.1. The van der Waals surface area contributed by atoms with Gasteiger partial charge in [-0.25, -0.2) is 0 Å². The van der Waals surface area contributed by atoms with Crippen molar-refractivity contribution >= 4 is 5.91 Å². The molecule has 1 aliphatic heterocycles. The molecule has 1 aromatic carbocycles. The summed E-state index contributed by atoms with van der Waals surface area (Å²) in [5.41, 5.74) is 1.01. The molecule has 1 N–H and O–H groups in total. The van der Waals surface area contributed by atoms with Gasteiger partial charge in [0.25, 0.3) is 0 Å². The second-order valence-corrected chi connectivity index (χ2v) is 4.71. The topological polar surface area (TPSA) is 47.6 Å². The highest BCUT2D eigenvalue weighted by molar-refractivity contribution is 5.81. The molecule has 1 fully saturated rings. The number of carbonyl (C=O) groups is 1. The van der Waals surface area contributed by atoms with Gasteiger partial charge in [-0.3, -0.25) is 4.79 Å². The highest BCUT2D eigenvalue weighted by atomic mass is 16.5. The van der Waals surface area contributed by atoms with Crippen molar-refractivity contribution in [3.8, 4) is 5.75 Å². The zero-order valence-electron chi connectivity index (χ0n) is 11.5. The Hall–Kier alpha value is -1.55. The Balaban J connectivity index is 2.08. The molecule has 0 saturated carbocycles. The van der Waals surface area contributed by atoms with Crippen LogP contribution in [-0.4, -0.2) is 25.7 Å². The minimum Gasteiger partial charge on any atom is -0.496 e. The van der Waals surface area contributed by atoms with E-state index in [0.29, 0.717) is 6.61 Å². The Morgan fingerprint density at radius 1 is 1.53 bits per heavy atom. The first-order valence-corrected chi connectivity index (χ1v) is 6.81. The fourth-order valence-corrected chi connectivity index (χ4v) is 2.40. The fraction of sp³-hybridized carbons (Fsp3) is 0.533. The third-order valence-corrected chi connectivity index (χ3v) is 3.46. The summed E-state index contributed by atoms with van der Waals surface area (Å²) >= 11 is 0. The molecule has 0 bridgehead atoms. The molecule has 1 aliphatic rings. The first-order chi connectivity index (χ1) is 9.26. The monoisotopic (exact) mass is 263 g/mol. The van der Waals surface area contributed by atoms with E-state index < -0.39 is 0 Å². The molecule has 4 nitrogen and oxygen atoms in total. The van der Waals surface area contributed by atoms with E-state index in [2.05, 4.69) is 5.32 Å². The van der Waals surface area contributed by atoms with Crippen LogP contribution in [0.25, 0.3) is 0 Å². The third kappa shape index (κ3) is 3.26. The van der Waals surface area contributed by atoms with Crippen LogP contribution < -0.4 is 10.1 Å². The highest BCUT2D eigenvalue weighted by Gasteiger charge is 2.26. The summed E-state index contributed by atoms with van der Waals surface area (Å²) in [7, 11) is 1.65. The lowest BCUT2D eigenvalue weighted by Crippen LogP contribution is -2.36. The van der Waals surface area contributed by atoms with Crippen LogP contribution in [0, 0.1) is 0 Å². The minimum atomic E-state index is -0.288. The molecule has 2 atom stereocenters. The Kier molecular flexibility index (Phi) is 4.80. The molecular formula is C15H21NO3. The van der Waals surface area contributed by atoms with Gasteiger partial charge in [0, 0.05) is 12.2 Å². The number of hydrogen-bond acceptors (Lipinski definition) is 3. The van der Waals surface area contributed by atoms with Crippen LogP contribution in [0.5, 0.6) is 5.75 Å². The lowest BCUT2D eigenvalue weighted by atomic mass is 10.0. The van der Waals surface area contributed by atoms with E-state index in [1.54, 1.807) is 7.11 Å². The van der Waals surface area contributed by atoms with E-state index in [-0.39, 0.29) is 18.1 Å². The fourth-order valence-electron chi connectivity index (χ4n) is 2.40. The molecule has 104 valence electrons. The van der Waals surface area contributed by atoms with Gasteiger partial charge in [-0.2, -0.15) is 0 Å².